The molecule has 0 radical (unpaired) electrons. The van der Waals surface area contributed by atoms with Crippen molar-refractivity contribution in [2.75, 3.05) is 23.0 Å². The topological polar surface area (TPSA) is 148 Å². The number of aliphatic hydroxyl groups excluding tert-OH is 1. The number of aromatic nitrogens is 4. The lowest BCUT2D eigenvalue weighted by Crippen LogP contribution is -2.41. The van der Waals surface area contributed by atoms with Crippen molar-refractivity contribution in [2.24, 2.45) is 16.5 Å². The number of sulfonamides is 1. The van der Waals surface area contributed by atoms with E-state index in [0.29, 0.717) is 16.9 Å². The summed E-state index contributed by atoms with van der Waals surface area (Å²) in [6.45, 7) is 7.03. The number of nitrogens with one attached hydrogen (secondary N) is 2. The van der Waals surface area contributed by atoms with Gasteiger partial charge in [-0.15, -0.1) is 0 Å². The third kappa shape index (κ3) is 3.79. The molecule has 2 heterocycles. The molecule has 2 aromatic heterocycles. The van der Waals surface area contributed by atoms with E-state index in [-0.39, 0.29) is 36.1 Å². The predicted octanol–water partition coefficient (Wildman–Crippen LogP) is 1.49. The fraction of sp³-hybridized carbons (Fsp3) is 0.737. The van der Waals surface area contributed by atoms with E-state index in [4.69, 9.17) is 5.14 Å². The molecule has 2 atom stereocenters. The standard InChI is InChI=1S/C19H29F2N7O3S/c1-10(9-32(22,30)31)24-14-12-7-23-28(17(2,3)4)15(12)27-16(26-14)25-11-5-18(6-11)13(8-29)19(18,20)21/h7,10-11,13,29H,5-6,8-9H2,1-4H3,(H2,22,30,31)(H2,24,25,26,27)/t10-,11?,13-,18?/m1/s1. The largest absolute Gasteiger partial charge is 0.396 e. The van der Waals surface area contributed by atoms with Gasteiger partial charge in [-0.05, 0) is 40.5 Å². The molecule has 0 amide bonds. The van der Waals surface area contributed by atoms with Crippen molar-refractivity contribution in [1.82, 2.24) is 19.7 Å². The van der Waals surface area contributed by atoms with Gasteiger partial charge >= 0.3 is 0 Å². The highest BCUT2D eigenvalue weighted by Gasteiger charge is 2.83. The Morgan fingerprint density at radius 1 is 1.34 bits per heavy atom. The molecule has 10 nitrogen and oxygen atoms in total. The van der Waals surface area contributed by atoms with E-state index in [9.17, 15) is 22.3 Å². The van der Waals surface area contributed by atoms with E-state index >= 15 is 0 Å². The molecule has 2 aliphatic rings. The summed E-state index contributed by atoms with van der Waals surface area (Å²) < 4.78 is 52.6. The first kappa shape index (κ1) is 23.1. The fourth-order valence-corrected chi connectivity index (χ4v) is 5.52. The van der Waals surface area contributed by atoms with Crippen molar-refractivity contribution in [3.8, 4) is 0 Å². The molecule has 0 saturated heterocycles. The van der Waals surface area contributed by atoms with Crippen LogP contribution >= 0.6 is 0 Å². The minimum Gasteiger partial charge on any atom is -0.396 e. The monoisotopic (exact) mass is 473 g/mol. The number of rotatable bonds is 7. The molecular weight excluding hydrogens is 444 g/mol. The molecule has 0 unspecified atom stereocenters. The van der Waals surface area contributed by atoms with Crippen LogP contribution in [0.25, 0.3) is 11.0 Å². The molecule has 178 valence electrons. The molecule has 0 aliphatic heterocycles. The molecule has 13 heteroatoms. The molecule has 2 aromatic rings. The third-order valence-corrected chi connectivity index (χ3v) is 7.32. The number of primary sulfonamides is 1. The van der Waals surface area contributed by atoms with Gasteiger partial charge in [-0.3, -0.25) is 0 Å². The Hall–Kier alpha value is -2.12. The number of nitrogens with two attached hydrogens (primary N) is 1. The fourth-order valence-electron chi connectivity index (χ4n) is 4.74. The van der Waals surface area contributed by atoms with Gasteiger partial charge < -0.3 is 15.7 Å². The third-order valence-electron chi connectivity index (χ3n) is 6.35. The number of nitrogens with zero attached hydrogens (tertiary/aromatic N) is 4. The van der Waals surface area contributed by atoms with Crippen LogP contribution in [-0.2, 0) is 15.6 Å². The normalized spacial score (nSPS) is 27.9. The summed E-state index contributed by atoms with van der Waals surface area (Å²) in [5, 5.41) is 25.6. The Labute approximate surface area is 185 Å². The zero-order chi connectivity index (χ0) is 23.7. The van der Waals surface area contributed by atoms with Crippen LogP contribution in [0.4, 0.5) is 20.5 Å². The first-order chi connectivity index (χ1) is 14.7. The van der Waals surface area contributed by atoms with Crippen LogP contribution in [0.5, 0.6) is 0 Å². The van der Waals surface area contributed by atoms with Crippen molar-refractivity contribution in [3.05, 3.63) is 6.20 Å². The lowest BCUT2D eigenvalue weighted by Gasteiger charge is -2.37. The van der Waals surface area contributed by atoms with E-state index in [1.807, 2.05) is 20.8 Å². The van der Waals surface area contributed by atoms with Crippen LogP contribution < -0.4 is 15.8 Å². The van der Waals surface area contributed by atoms with Gasteiger partial charge in [0.25, 0.3) is 5.92 Å². The maximum absolute atomic E-state index is 14.0. The molecule has 32 heavy (non-hydrogen) atoms. The van der Waals surface area contributed by atoms with Gasteiger partial charge in [0.2, 0.25) is 16.0 Å². The van der Waals surface area contributed by atoms with Crippen LogP contribution in [0.2, 0.25) is 0 Å². The smallest absolute Gasteiger partial charge is 0.260 e. The average Bonchev–Trinajstić information content (AvgIpc) is 2.89. The zero-order valence-electron chi connectivity index (χ0n) is 18.4. The Morgan fingerprint density at radius 2 is 2.00 bits per heavy atom. The molecule has 2 fully saturated rings. The summed E-state index contributed by atoms with van der Waals surface area (Å²) in [6, 6.07) is -0.785. The van der Waals surface area contributed by atoms with E-state index in [1.165, 1.54) is 0 Å². The number of hydrogen-bond donors (Lipinski definition) is 4. The number of alkyl halides is 2. The van der Waals surface area contributed by atoms with Crippen LogP contribution in [0.15, 0.2) is 6.20 Å². The maximum Gasteiger partial charge on any atom is 0.260 e. The van der Waals surface area contributed by atoms with Gasteiger partial charge in [0.05, 0.1) is 35.4 Å². The number of halogens is 2. The van der Waals surface area contributed by atoms with Gasteiger partial charge in [0.1, 0.15) is 5.82 Å². The number of aliphatic hydroxyl groups is 1. The number of fused-ring (bicyclic) bond motifs is 1. The average molecular weight is 474 g/mol. The molecule has 2 saturated carbocycles. The Bertz CT molecular complexity index is 1140. The second kappa shape index (κ2) is 7.19. The second-order valence-corrected chi connectivity index (χ2v) is 11.7. The molecule has 0 aromatic carbocycles. The highest BCUT2D eigenvalue weighted by Crippen LogP contribution is 2.75. The summed E-state index contributed by atoms with van der Waals surface area (Å²) in [7, 11) is -3.70. The lowest BCUT2D eigenvalue weighted by atomic mass is 9.75. The van der Waals surface area contributed by atoms with Crippen molar-refractivity contribution >= 4 is 32.8 Å². The van der Waals surface area contributed by atoms with Crippen LogP contribution in [0.3, 0.4) is 0 Å². The van der Waals surface area contributed by atoms with Gasteiger partial charge in [0.15, 0.2) is 5.65 Å². The van der Waals surface area contributed by atoms with E-state index in [1.54, 1.807) is 17.8 Å². The van der Waals surface area contributed by atoms with Crippen molar-refractivity contribution in [1.29, 1.82) is 0 Å². The highest BCUT2D eigenvalue weighted by atomic mass is 32.2. The predicted molar refractivity (Wildman–Crippen MR) is 116 cm³/mol. The van der Waals surface area contributed by atoms with Crippen molar-refractivity contribution in [2.45, 2.75) is 64.1 Å². The zero-order valence-corrected chi connectivity index (χ0v) is 19.2. The molecular formula is C19H29F2N7O3S. The second-order valence-electron chi connectivity index (χ2n) is 10.00. The van der Waals surface area contributed by atoms with Gasteiger partial charge in [-0.2, -0.15) is 15.1 Å². The van der Waals surface area contributed by atoms with Crippen molar-refractivity contribution in [3.63, 3.8) is 0 Å². The Balaban J connectivity index is 1.61. The maximum atomic E-state index is 14.0. The Kier molecular flexibility index (Phi) is 5.18. The summed E-state index contributed by atoms with van der Waals surface area (Å²) >= 11 is 0. The number of anilines is 2. The molecule has 0 bridgehead atoms. The van der Waals surface area contributed by atoms with Crippen LogP contribution in [0, 0.1) is 11.3 Å². The van der Waals surface area contributed by atoms with E-state index in [2.05, 4.69) is 25.7 Å². The quantitative estimate of drug-likeness (QED) is 0.473. The summed E-state index contributed by atoms with van der Waals surface area (Å²) in [5.41, 5.74) is -0.997. The van der Waals surface area contributed by atoms with Crippen molar-refractivity contribution < 1.29 is 22.3 Å². The van der Waals surface area contributed by atoms with Gasteiger partial charge in [-0.1, -0.05) is 0 Å². The minimum atomic E-state index is -3.70. The SMILES string of the molecule is C[C@H](CS(N)(=O)=O)Nc1nc(NC2CC3(C2)[C@@H](CO)C3(F)F)nc2c1cnn2C(C)(C)C. The lowest BCUT2D eigenvalue weighted by molar-refractivity contribution is 0.0216. The summed E-state index contributed by atoms with van der Waals surface area (Å²) in [5.74, 6) is -3.51. The molecule has 4 rings (SSSR count). The summed E-state index contributed by atoms with van der Waals surface area (Å²) in [4.78, 5) is 9.04. The van der Waals surface area contributed by atoms with Gasteiger partial charge in [-0.25, -0.2) is 27.0 Å². The minimum absolute atomic E-state index is 0.218. The van der Waals surface area contributed by atoms with Gasteiger partial charge in [0, 0.05) is 17.5 Å². The van der Waals surface area contributed by atoms with E-state index < -0.39 is 39.9 Å². The van der Waals surface area contributed by atoms with Crippen LogP contribution in [-0.4, -0.2) is 63.6 Å². The highest BCUT2D eigenvalue weighted by molar-refractivity contribution is 7.89. The molecule has 2 aliphatic carbocycles. The summed E-state index contributed by atoms with van der Waals surface area (Å²) in [6.07, 6.45) is 2.04. The van der Waals surface area contributed by atoms with Crippen LogP contribution in [0.1, 0.15) is 40.5 Å². The molecule has 5 N–H and O–H groups in total. The number of hydrogen-bond acceptors (Lipinski definition) is 8. The van der Waals surface area contributed by atoms with E-state index in [0.717, 1.165) is 0 Å². The first-order valence-electron chi connectivity index (χ1n) is 10.5. The Morgan fingerprint density at radius 3 is 2.53 bits per heavy atom. The molecule has 1 spiro atoms. The first-order valence-corrected chi connectivity index (χ1v) is 12.2.